The van der Waals surface area contributed by atoms with Gasteiger partial charge in [0, 0.05) is 18.7 Å². The second-order valence-corrected chi connectivity index (χ2v) is 4.84. The molecule has 0 saturated heterocycles. The number of hydrogen-bond donors (Lipinski definition) is 2. The average Bonchev–Trinajstić information content (AvgIpc) is 2.33. The Morgan fingerprint density at radius 1 is 1.19 bits per heavy atom. The van der Waals surface area contributed by atoms with Crippen LogP contribution in [0.4, 0.5) is 23.7 Å². The standard InChI is InChI=1S/C13H15F3N2O3/c1-7(2)5-18(6-12(19)20)13(21)17-11-4-9(15)8(14)3-10(11)16/h3-4,7H,5-6H2,1-2H3,(H,17,21)(H,19,20). The Morgan fingerprint density at radius 2 is 1.76 bits per heavy atom. The van der Waals surface area contributed by atoms with Gasteiger partial charge in [-0.25, -0.2) is 18.0 Å². The van der Waals surface area contributed by atoms with Gasteiger partial charge in [0.05, 0.1) is 5.69 Å². The Hall–Kier alpha value is -2.25. The molecule has 0 heterocycles. The van der Waals surface area contributed by atoms with Gasteiger partial charge < -0.3 is 15.3 Å². The monoisotopic (exact) mass is 304 g/mol. The molecule has 21 heavy (non-hydrogen) atoms. The van der Waals surface area contributed by atoms with E-state index in [4.69, 9.17) is 5.11 Å². The van der Waals surface area contributed by atoms with Crippen molar-refractivity contribution >= 4 is 17.7 Å². The number of nitrogens with zero attached hydrogens (tertiary/aromatic N) is 1. The molecule has 0 saturated carbocycles. The highest BCUT2D eigenvalue weighted by molar-refractivity contribution is 5.91. The lowest BCUT2D eigenvalue weighted by atomic mass is 10.2. The maximum Gasteiger partial charge on any atom is 0.323 e. The van der Waals surface area contributed by atoms with Gasteiger partial charge in [-0.1, -0.05) is 13.8 Å². The van der Waals surface area contributed by atoms with Crippen LogP contribution in [0.1, 0.15) is 13.8 Å². The van der Waals surface area contributed by atoms with Crippen molar-refractivity contribution in [3.8, 4) is 0 Å². The first-order chi connectivity index (χ1) is 9.70. The molecule has 0 fully saturated rings. The van der Waals surface area contributed by atoms with Crippen LogP contribution in [-0.4, -0.2) is 35.1 Å². The largest absolute Gasteiger partial charge is 0.480 e. The molecule has 5 nitrogen and oxygen atoms in total. The second-order valence-electron chi connectivity index (χ2n) is 4.84. The maximum atomic E-state index is 13.4. The maximum absolute atomic E-state index is 13.4. The first kappa shape index (κ1) is 16.8. The van der Waals surface area contributed by atoms with Crippen LogP contribution in [0, 0.1) is 23.4 Å². The first-order valence-corrected chi connectivity index (χ1v) is 6.13. The lowest BCUT2D eigenvalue weighted by Gasteiger charge is -2.23. The summed E-state index contributed by atoms with van der Waals surface area (Å²) in [5.74, 6) is -5.11. The summed E-state index contributed by atoms with van der Waals surface area (Å²) < 4.78 is 39.2. The van der Waals surface area contributed by atoms with Gasteiger partial charge in [0.25, 0.3) is 0 Å². The van der Waals surface area contributed by atoms with E-state index in [-0.39, 0.29) is 12.5 Å². The van der Waals surface area contributed by atoms with Crippen molar-refractivity contribution in [2.24, 2.45) is 5.92 Å². The predicted octanol–water partition coefficient (Wildman–Crippen LogP) is 2.68. The van der Waals surface area contributed by atoms with Gasteiger partial charge in [-0.3, -0.25) is 4.79 Å². The van der Waals surface area contributed by atoms with E-state index in [9.17, 15) is 22.8 Å². The highest BCUT2D eigenvalue weighted by atomic mass is 19.2. The average molecular weight is 304 g/mol. The van der Waals surface area contributed by atoms with Gasteiger partial charge in [-0.2, -0.15) is 0 Å². The molecule has 116 valence electrons. The van der Waals surface area contributed by atoms with Gasteiger partial charge in [0.15, 0.2) is 11.6 Å². The second kappa shape index (κ2) is 6.96. The van der Waals surface area contributed by atoms with Gasteiger partial charge in [0.1, 0.15) is 12.4 Å². The lowest BCUT2D eigenvalue weighted by molar-refractivity contribution is -0.137. The molecular formula is C13H15F3N2O3. The Labute approximate surface area is 119 Å². The van der Waals surface area contributed by atoms with Gasteiger partial charge in [-0.15, -0.1) is 0 Å². The Bertz CT molecular complexity index is 550. The minimum absolute atomic E-state index is 0.0232. The number of benzene rings is 1. The third kappa shape index (κ3) is 4.97. The number of carbonyl (C=O) groups excluding carboxylic acids is 1. The molecule has 1 rings (SSSR count). The van der Waals surface area contributed by atoms with Crippen molar-refractivity contribution in [2.75, 3.05) is 18.4 Å². The summed E-state index contributed by atoms with van der Waals surface area (Å²) in [6.45, 7) is 3.05. The highest BCUT2D eigenvalue weighted by Gasteiger charge is 2.20. The molecule has 0 aromatic heterocycles. The minimum Gasteiger partial charge on any atom is -0.480 e. The van der Waals surface area contributed by atoms with E-state index in [2.05, 4.69) is 0 Å². The summed E-state index contributed by atoms with van der Waals surface area (Å²) in [7, 11) is 0. The van der Waals surface area contributed by atoms with Crippen LogP contribution < -0.4 is 5.32 Å². The van der Waals surface area contributed by atoms with E-state index in [1.54, 1.807) is 13.8 Å². The van der Waals surface area contributed by atoms with E-state index in [1.807, 2.05) is 5.32 Å². The van der Waals surface area contributed by atoms with Crippen LogP contribution >= 0.6 is 0 Å². The smallest absolute Gasteiger partial charge is 0.323 e. The predicted molar refractivity (Wildman–Crippen MR) is 69.4 cm³/mol. The summed E-state index contributed by atoms with van der Waals surface area (Å²) >= 11 is 0. The summed E-state index contributed by atoms with van der Waals surface area (Å²) in [5, 5.41) is 10.8. The molecule has 0 aliphatic rings. The van der Waals surface area contributed by atoms with Crippen LogP contribution in [0.15, 0.2) is 12.1 Å². The van der Waals surface area contributed by atoms with Gasteiger partial charge >= 0.3 is 12.0 Å². The zero-order valence-electron chi connectivity index (χ0n) is 11.5. The van der Waals surface area contributed by atoms with Crippen LogP contribution in [-0.2, 0) is 4.79 Å². The number of amides is 2. The molecule has 0 atom stereocenters. The van der Waals surface area contributed by atoms with E-state index < -0.39 is 41.7 Å². The number of carboxylic acid groups (broad SMARTS) is 1. The van der Waals surface area contributed by atoms with Crippen LogP contribution in [0.3, 0.4) is 0 Å². The van der Waals surface area contributed by atoms with Crippen molar-refractivity contribution in [2.45, 2.75) is 13.8 Å². The van der Waals surface area contributed by atoms with Gasteiger partial charge in [-0.05, 0) is 5.92 Å². The lowest BCUT2D eigenvalue weighted by Crippen LogP contribution is -2.41. The number of carboxylic acids is 1. The summed E-state index contributed by atoms with van der Waals surface area (Å²) in [6.07, 6.45) is 0. The van der Waals surface area contributed by atoms with E-state index in [0.29, 0.717) is 12.1 Å². The van der Waals surface area contributed by atoms with Crippen LogP contribution in [0.5, 0.6) is 0 Å². The van der Waals surface area contributed by atoms with Crippen LogP contribution in [0.2, 0.25) is 0 Å². The Kier molecular flexibility index (Phi) is 5.57. The number of aliphatic carboxylic acids is 1. The fourth-order valence-electron chi connectivity index (χ4n) is 1.64. The Balaban J connectivity index is 2.90. The fourth-order valence-corrected chi connectivity index (χ4v) is 1.64. The summed E-state index contributed by atoms with van der Waals surface area (Å²) in [4.78, 5) is 23.5. The first-order valence-electron chi connectivity index (χ1n) is 6.13. The number of halogens is 3. The Morgan fingerprint density at radius 3 is 2.29 bits per heavy atom. The zero-order chi connectivity index (χ0) is 16.2. The van der Waals surface area contributed by atoms with Crippen molar-refractivity contribution in [3.63, 3.8) is 0 Å². The molecule has 2 N–H and O–H groups in total. The minimum atomic E-state index is -1.38. The van der Waals surface area contributed by atoms with Gasteiger partial charge in [0.2, 0.25) is 0 Å². The number of urea groups is 1. The molecule has 0 unspecified atom stereocenters. The number of anilines is 1. The molecule has 0 radical (unpaired) electrons. The molecule has 1 aromatic carbocycles. The summed E-state index contributed by atoms with van der Waals surface area (Å²) in [5.41, 5.74) is -0.557. The van der Waals surface area contributed by atoms with E-state index in [1.165, 1.54) is 0 Å². The van der Waals surface area contributed by atoms with Crippen molar-refractivity contribution < 1.29 is 27.9 Å². The molecule has 8 heteroatoms. The number of hydrogen-bond acceptors (Lipinski definition) is 2. The SMILES string of the molecule is CC(C)CN(CC(=O)O)C(=O)Nc1cc(F)c(F)cc1F. The fraction of sp³-hybridized carbons (Fsp3) is 0.385. The normalized spacial score (nSPS) is 10.6. The molecule has 2 amide bonds. The quantitative estimate of drug-likeness (QED) is 0.822. The molecule has 0 aliphatic heterocycles. The molecule has 1 aromatic rings. The van der Waals surface area contributed by atoms with Crippen LogP contribution in [0.25, 0.3) is 0 Å². The molecule has 0 spiro atoms. The number of carbonyl (C=O) groups is 2. The molecule has 0 bridgehead atoms. The molecule has 0 aliphatic carbocycles. The van der Waals surface area contributed by atoms with Crippen molar-refractivity contribution in [1.29, 1.82) is 0 Å². The third-order valence-electron chi connectivity index (χ3n) is 2.45. The molecular weight excluding hydrogens is 289 g/mol. The number of rotatable bonds is 5. The topological polar surface area (TPSA) is 69.6 Å². The van der Waals surface area contributed by atoms with E-state index in [0.717, 1.165) is 4.90 Å². The zero-order valence-corrected chi connectivity index (χ0v) is 11.5. The highest BCUT2D eigenvalue weighted by Crippen LogP contribution is 2.19. The van der Waals surface area contributed by atoms with Crippen molar-refractivity contribution in [3.05, 3.63) is 29.6 Å². The third-order valence-corrected chi connectivity index (χ3v) is 2.45. The van der Waals surface area contributed by atoms with E-state index >= 15 is 0 Å². The number of nitrogens with one attached hydrogen (secondary N) is 1. The van der Waals surface area contributed by atoms with Crippen molar-refractivity contribution in [1.82, 2.24) is 4.90 Å². The summed E-state index contributed by atoms with van der Waals surface area (Å²) in [6, 6.07) is -0.109.